The Morgan fingerprint density at radius 1 is 0.657 bits per heavy atom. The molecular formula is C30H39BO2Sn2. The molecule has 0 radical (unpaired) electrons. The Morgan fingerprint density at radius 3 is 1.31 bits per heavy atom. The van der Waals surface area contributed by atoms with Crippen molar-refractivity contribution in [1.29, 1.82) is 0 Å². The number of allylic oxidation sites excluding steroid dienone is 1. The molecule has 0 N–H and O–H groups in total. The van der Waals surface area contributed by atoms with E-state index in [1.165, 1.54) is 10.7 Å². The van der Waals surface area contributed by atoms with Gasteiger partial charge >= 0.3 is 223 Å². The molecule has 0 aliphatic carbocycles. The number of hydrogen-bond donors (Lipinski definition) is 0. The van der Waals surface area contributed by atoms with Gasteiger partial charge in [-0.15, -0.1) is 0 Å². The van der Waals surface area contributed by atoms with E-state index < -0.39 is 36.8 Å². The number of rotatable bonds is 7. The quantitative estimate of drug-likeness (QED) is 0.304. The van der Waals surface area contributed by atoms with E-state index in [2.05, 4.69) is 139 Å². The Balaban J connectivity index is 1.92. The molecule has 4 rings (SSSR count). The van der Waals surface area contributed by atoms with E-state index in [4.69, 9.17) is 9.31 Å². The van der Waals surface area contributed by atoms with Crippen molar-refractivity contribution in [2.24, 2.45) is 0 Å². The molecular weight excluding hydrogens is 641 g/mol. The van der Waals surface area contributed by atoms with Gasteiger partial charge in [-0.05, 0) is 0 Å². The van der Waals surface area contributed by atoms with Gasteiger partial charge in [0.1, 0.15) is 0 Å². The van der Waals surface area contributed by atoms with Crippen LogP contribution in [0.1, 0.15) is 27.7 Å². The summed E-state index contributed by atoms with van der Waals surface area (Å²) in [6.07, 6.45) is 0. The van der Waals surface area contributed by atoms with Crippen molar-refractivity contribution in [2.45, 2.75) is 58.2 Å². The van der Waals surface area contributed by atoms with Crippen LogP contribution in [0.4, 0.5) is 0 Å². The Morgan fingerprint density at radius 2 is 1.00 bits per heavy atom. The summed E-state index contributed by atoms with van der Waals surface area (Å²) in [6.45, 7) is 8.56. The monoisotopic (exact) mass is 682 g/mol. The van der Waals surface area contributed by atoms with Gasteiger partial charge in [-0.25, -0.2) is 0 Å². The summed E-state index contributed by atoms with van der Waals surface area (Å²) in [5, 5.41) is 0. The maximum atomic E-state index is 6.48. The van der Waals surface area contributed by atoms with Crippen molar-refractivity contribution in [2.75, 3.05) is 0 Å². The first-order valence-corrected chi connectivity index (χ1v) is 29.0. The predicted molar refractivity (Wildman–Crippen MR) is 156 cm³/mol. The van der Waals surface area contributed by atoms with E-state index in [9.17, 15) is 0 Å². The molecule has 1 fully saturated rings. The molecule has 0 atom stereocenters. The van der Waals surface area contributed by atoms with Crippen LogP contribution in [0.5, 0.6) is 0 Å². The number of benzene rings is 3. The SMILES string of the molecule is CC1(C)OB(/C=[C](/[CH2][Sn]([c]2ccccc2)([c]2ccccc2)[c]2ccccc2)[Sn]([CH3])([CH3])[CH3])OC1(C)C. The van der Waals surface area contributed by atoms with E-state index in [-0.39, 0.29) is 18.3 Å². The molecule has 2 nitrogen and oxygen atoms in total. The van der Waals surface area contributed by atoms with Crippen LogP contribution in [-0.4, -0.2) is 55.1 Å². The van der Waals surface area contributed by atoms with Gasteiger partial charge < -0.3 is 0 Å². The fraction of sp³-hybridized carbons (Fsp3) is 0.333. The van der Waals surface area contributed by atoms with Gasteiger partial charge in [-0.3, -0.25) is 0 Å². The van der Waals surface area contributed by atoms with Gasteiger partial charge in [0, 0.05) is 0 Å². The van der Waals surface area contributed by atoms with Gasteiger partial charge in [0.15, 0.2) is 0 Å². The van der Waals surface area contributed by atoms with Crippen molar-refractivity contribution >= 4 is 54.6 Å². The summed E-state index contributed by atoms with van der Waals surface area (Å²) in [5.74, 6) is 2.38. The Hall–Kier alpha value is -1.02. The van der Waals surface area contributed by atoms with Gasteiger partial charge in [0.05, 0.1) is 0 Å². The molecule has 35 heavy (non-hydrogen) atoms. The minimum atomic E-state index is -3.42. The van der Waals surface area contributed by atoms with E-state index in [0.29, 0.717) is 0 Å². The van der Waals surface area contributed by atoms with Crippen LogP contribution in [-0.2, 0) is 9.31 Å². The molecule has 0 unspecified atom stereocenters. The van der Waals surface area contributed by atoms with Crippen LogP contribution >= 0.6 is 0 Å². The summed E-state index contributed by atoms with van der Waals surface area (Å²) in [7, 11) is -0.294. The van der Waals surface area contributed by atoms with Crippen LogP contribution in [0.3, 0.4) is 0 Å². The summed E-state index contributed by atoms with van der Waals surface area (Å²) in [6, 6.07) is 34.0. The van der Waals surface area contributed by atoms with E-state index in [0.717, 1.165) is 4.44 Å². The minimum absolute atomic E-state index is 0.294. The van der Waals surface area contributed by atoms with E-state index in [1.54, 1.807) is 3.59 Å². The Labute approximate surface area is 221 Å². The molecule has 1 aliphatic rings. The van der Waals surface area contributed by atoms with Crippen molar-refractivity contribution in [3.8, 4) is 0 Å². The molecule has 0 amide bonds. The topological polar surface area (TPSA) is 18.5 Å². The molecule has 1 saturated heterocycles. The zero-order valence-corrected chi connectivity index (χ0v) is 28.0. The molecule has 0 aromatic heterocycles. The van der Waals surface area contributed by atoms with Gasteiger partial charge in [0.25, 0.3) is 0 Å². The molecule has 5 heteroatoms. The van der Waals surface area contributed by atoms with Crippen molar-refractivity contribution in [1.82, 2.24) is 0 Å². The summed E-state index contributed by atoms with van der Waals surface area (Å²) in [5.41, 5.74) is -0.656. The average Bonchev–Trinajstić information content (AvgIpc) is 3.03. The van der Waals surface area contributed by atoms with Crippen molar-refractivity contribution in [3.05, 3.63) is 101 Å². The third-order valence-electron chi connectivity index (χ3n) is 7.83. The van der Waals surface area contributed by atoms with Crippen LogP contribution in [0.15, 0.2) is 101 Å². The summed E-state index contributed by atoms with van der Waals surface area (Å²) in [4.78, 5) is 7.59. The third-order valence-corrected chi connectivity index (χ3v) is 31.1. The first-order chi connectivity index (χ1) is 16.5. The second-order valence-electron chi connectivity index (χ2n) is 11.7. The van der Waals surface area contributed by atoms with Crippen LogP contribution < -0.4 is 10.7 Å². The Kier molecular flexibility index (Phi) is 8.02. The molecule has 0 bridgehead atoms. The van der Waals surface area contributed by atoms with Gasteiger partial charge in [-0.2, -0.15) is 0 Å². The van der Waals surface area contributed by atoms with E-state index >= 15 is 0 Å². The van der Waals surface area contributed by atoms with Crippen LogP contribution in [0.2, 0.25) is 19.3 Å². The normalized spacial score (nSPS) is 18.0. The average molecular weight is 680 g/mol. The first kappa shape index (κ1) is 27.0. The fourth-order valence-corrected chi connectivity index (χ4v) is 36.6. The second-order valence-corrected chi connectivity index (χ2v) is 37.5. The third kappa shape index (κ3) is 5.63. The van der Waals surface area contributed by atoms with Gasteiger partial charge in [0.2, 0.25) is 0 Å². The van der Waals surface area contributed by atoms with Crippen molar-refractivity contribution in [3.63, 3.8) is 0 Å². The molecule has 3 aromatic carbocycles. The maximum absolute atomic E-state index is 6.48. The van der Waals surface area contributed by atoms with E-state index in [1.807, 2.05) is 0 Å². The zero-order valence-electron chi connectivity index (χ0n) is 22.3. The second kappa shape index (κ2) is 10.4. The van der Waals surface area contributed by atoms with Crippen LogP contribution in [0, 0.1) is 0 Å². The fourth-order valence-electron chi connectivity index (χ4n) is 4.95. The zero-order chi connectivity index (χ0) is 25.3. The first-order valence-electron chi connectivity index (χ1n) is 12.7. The molecule has 3 aromatic rings. The molecule has 0 spiro atoms. The van der Waals surface area contributed by atoms with Gasteiger partial charge in [-0.1, -0.05) is 0 Å². The molecule has 182 valence electrons. The number of hydrogen-bond acceptors (Lipinski definition) is 2. The molecule has 1 aliphatic heterocycles. The summed E-state index contributed by atoms with van der Waals surface area (Å²) < 4.78 is 20.3. The van der Waals surface area contributed by atoms with Crippen molar-refractivity contribution < 1.29 is 9.31 Å². The molecule has 0 saturated carbocycles. The van der Waals surface area contributed by atoms with Crippen LogP contribution in [0.25, 0.3) is 0 Å². The Bertz CT molecular complexity index is 1040. The summed E-state index contributed by atoms with van der Waals surface area (Å²) >= 11 is -5.98. The standard InChI is InChI=1S/C9H15BO2.3C6H5.3CH3.2Sn/c1-6-7-10-11-8(2,3)9(4,5)12-10;3*1-2-4-6-5-3-1;;;;;/h7H,1H2,2-5H3;3*1-5H;3*1H3;;. The molecule has 1 heterocycles. The predicted octanol–water partition coefficient (Wildman–Crippen LogP) is 5.59.